The molecular weight excluding hydrogens is 324 g/mol. The van der Waals surface area contributed by atoms with E-state index >= 15 is 0 Å². The Hall–Kier alpha value is -3.07. The number of ether oxygens (including phenoxy) is 2. The Kier molecular flexibility index (Phi) is 5.69. The van der Waals surface area contributed by atoms with Gasteiger partial charge in [0, 0.05) is 11.1 Å². The lowest BCUT2D eigenvalue weighted by molar-refractivity contribution is 0.103. The number of hydrogen-bond donors (Lipinski definition) is 0. The van der Waals surface area contributed by atoms with Crippen LogP contribution in [0.2, 0.25) is 0 Å². The fraction of sp³-hybridized carbons (Fsp3) is 0.130. The third-order valence-electron chi connectivity index (χ3n) is 4.17. The summed E-state index contributed by atoms with van der Waals surface area (Å²) in [6.45, 7) is 2.44. The van der Waals surface area contributed by atoms with Gasteiger partial charge in [-0.15, -0.1) is 0 Å². The number of methoxy groups -OCH3 is 1. The highest BCUT2D eigenvalue weighted by Crippen LogP contribution is 2.24. The lowest BCUT2D eigenvalue weighted by atomic mass is 10.0. The van der Waals surface area contributed by atoms with E-state index in [2.05, 4.69) is 0 Å². The summed E-state index contributed by atoms with van der Waals surface area (Å²) in [7, 11) is 1.61. The maximum atomic E-state index is 12.7. The van der Waals surface area contributed by atoms with E-state index in [0.717, 1.165) is 16.9 Å². The molecule has 0 aliphatic heterocycles. The summed E-state index contributed by atoms with van der Waals surface area (Å²) < 4.78 is 11.1. The second-order valence-electron chi connectivity index (χ2n) is 5.87. The summed E-state index contributed by atoms with van der Waals surface area (Å²) in [4.78, 5) is 12.7. The van der Waals surface area contributed by atoms with E-state index < -0.39 is 0 Å². The summed E-state index contributed by atoms with van der Waals surface area (Å²) in [5.41, 5.74) is 3.29. The third-order valence-corrected chi connectivity index (χ3v) is 4.17. The molecule has 0 atom stereocenters. The Morgan fingerprint density at radius 1 is 0.923 bits per heavy atom. The zero-order valence-corrected chi connectivity index (χ0v) is 14.9. The van der Waals surface area contributed by atoms with Crippen molar-refractivity contribution >= 4 is 5.78 Å². The van der Waals surface area contributed by atoms with Gasteiger partial charge in [-0.3, -0.25) is 4.79 Å². The second-order valence-corrected chi connectivity index (χ2v) is 5.87. The Bertz CT molecular complexity index is 868. The number of ketones is 1. The largest absolute Gasteiger partial charge is 0.496 e. The van der Waals surface area contributed by atoms with Crippen molar-refractivity contribution in [3.05, 3.63) is 101 Å². The van der Waals surface area contributed by atoms with E-state index in [1.165, 1.54) is 0 Å². The first-order chi connectivity index (χ1) is 12.7. The van der Waals surface area contributed by atoms with Crippen molar-refractivity contribution in [3.8, 4) is 11.5 Å². The SMILES string of the molecule is C[CH]c1ccc(C(=O)c2ccc(OCc3ccccc3)cc2)cc1OC. The van der Waals surface area contributed by atoms with Crippen LogP contribution in [0.1, 0.15) is 34.0 Å². The van der Waals surface area contributed by atoms with E-state index in [0.29, 0.717) is 23.5 Å². The van der Waals surface area contributed by atoms with E-state index in [1.54, 1.807) is 25.3 Å². The number of carbonyl (C=O) groups excluding carboxylic acids is 1. The van der Waals surface area contributed by atoms with E-state index in [4.69, 9.17) is 9.47 Å². The van der Waals surface area contributed by atoms with Crippen LogP contribution >= 0.6 is 0 Å². The normalized spacial score (nSPS) is 10.4. The number of carbonyl (C=O) groups is 1. The molecule has 0 spiro atoms. The molecule has 3 nitrogen and oxygen atoms in total. The molecule has 26 heavy (non-hydrogen) atoms. The van der Waals surface area contributed by atoms with Crippen molar-refractivity contribution in [2.45, 2.75) is 13.5 Å². The summed E-state index contributed by atoms with van der Waals surface area (Å²) in [5.74, 6) is 1.39. The molecule has 0 aliphatic carbocycles. The van der Waals surface area contributed by atoms with Crippen LogP contribution in [0.5, 0.6) is 11.5 Å². The standard InChI is InChI=1S/C23H21O3/c1-3-18-9-10-20(15-22(18)25-2)23(24)19-11-13-21(14-12-19)26-16-17-7-5-4-6-8-17/h3-15H,16H2,1-2H3. The Morgan fingerprint density at radius 2 is 1.62 bits per heavy atom. The minimum absolute atomic E-state index is 0.0411. The van der Waals surface area contributed by atoms with Gasteiger partial charge >= 0.3 is 0 Å². The van der Waals surface area contributed by atoms with Gasteiger partial charge in [0.25, 0.3) is 0 Å². The molecule has 0 fully saturated rings. The van der Waals surface area contributed by atoms with Crippen LogP contribution < -0.4 is 9.47 Å². The Labute approximate surface area is 154 Å². The predicted molar refractivity (Wildman–Crippen MR) is 103 cm³/mol. The van der Waals surface area contributed by atoms with E-state index in [1.807, 2.05) is 67.9 Å². The van der Waals surface area contributed by atoms with Gasteiger partial charge in [-0.25, -0.2) is 0 Å². The molecule has 131 valence electrons. The molecule has 0 bridgehead atoms. The van der Waals surface area contributed by atoms with Gasteiger partial charge < -0.3 is 9.47 Å². The number of rotatable bonds is 7. The van der Waals surface area contributed by atoms with Gasteiger partial charge in [-0.1, -0.05) is 49.4 Å². The topological polar surface area (TPSA) is 35.5 Å². The van der Waals surface area contributed by atoms with E-state index in [-0.39, 0.29) is 5.78 Å². The molecule has 3 aromatic rings. The van der Waals surface area contributed by atoms with Crippen LogP contribution in [-0.2, 0) is 6.61 Å². The summed E-state index contributed by atoms with van der Waals surface area (Å²) in [6.07, 6.45) is 1.95. The number of hydrogen-bond acceptors (Lipinski definition) is 3. The molecule has 0 unspecified atom stereocenters. The second kappa shape index (κ2) is 8.34. The molecule has 0 saturated carbocycles. The molecule has 0 saturated heterocycles. The van der Waals surface area contributed by atoms with Gasteiger partial charge in [-0.05, 0) is 47.9 Å². The molecular formula is C23H21O3. The highest BCUT2D eigenvalue weighted by Gasteiger charge is 2.12. The lowest BCUT2D eigenvalue weighted by Crippen LogP contribution is -2.03. The van der Waals surface area contributed by atoms with Crippen LogP contribution in [-0.4, -0.2) is 12.9 Å². The van der Waals surface area contributed by atoms with Crippen molar-refractivity contribution in [3.63, 3.8) is 0 Å². The molecule has 0 aromatic heterocycles. The molecule has 1 radical (unpaired) electrons. The molecule has 0 heterocycles. The average molecular weight is 345 g/mol. The first-order valence-electron chi connectivity index (χ1n) is 8.50. The van der Waals surface area contributed by atoms with Crippen LogP contribution in [0, 0.1) is 6.42 Å². The third kappa shape index (κ3) is 4.12. The summed E-state index contributed by atoms with van der Waals surface area (Å²) in [5, 5.41) is 0. The molecule has 3 aromatic carbocycles. The quantitative estimate of drug-likeness (QED) is 0.560. The van der Waals surface area contributed by atoms with Crippen molar-refractivity contribution in [2.24, 2.45) is 0 Å². The number of benzene rings is 3. The monoisotopic (exact) mass is 345 g/mol. The fourth-order valence-corrected chi connectivity index (χ4v) is 2.70. The Morgan fingerprint density at radius 3 is 2.27 bits per heavy atom. The fourth-order valence-electron chi connectivity index (χ4n) is 2.70. The summed E-state index contributed by atoms with van der Waals surface area (Å²) in [6, 6.07) is 22.7. The molecule has 3 heteroatoms. The average Bonchev–Trinajstić information content (AvgIpc) is 2.72. The zero-order chi connectivity index (χ0) is 18.4. The maximum Gasteiger partial charge on any atom is 0.193 e. The predicted octanol–water partition coefficient (Wildman–Crippen LogP) is 5.08. The molecule has 0 N–H and O–H groups in total. The van der Waals surface area contributed by atoms with Crippen molar-refractivity contribution in [1.82, 2.24) is 0 Å². The summed E-state index contributed by atoms with van der Waals surface area (Å²) >= 11 is 0. The maximum absolute atomic E-state index is 12.7. The van der Waals surface area contributed by atoms with E-state index in [9.17, 15) is 4.79 Å². The van der Waals surface area contributed by atoms with Gasteiger partial charge in [0.15, 0.2) is 5.78 Å². The van der Waals surface area contributed by atoms with Crippen LogP contribution in [0.25, 0.3) is 0 Å². The highest BCUT2D eigenvalue weighted by molar-refractivity contribution is 6.09. The molecule has 3 rings (SSSR count). The minimum Gasteiger partial charge on any atom is -0.496 e. The van der Waals surface area contributed by atoms with Crippen LogP contribution in [0.15, 0.2) is 72.8 Å². The van der Waals surface area contributed by atoms with Crippen molar-refractivity contribution in [2.75, 3.05) is 7.11 Å². The smallest absolute Gasteiger partial charge is 0.193 e. The van der Waals surface area contributed by atoms with Gasteiger partial charge in [0.2, 0.25) is 0 Å². The van der Waals surface area contributed by atoms with Crippen molar-refractivity contribution < 1.29 is 14.3 Å². The first kappa shape index (κ1) is 17.7. The van der Waals surface area contributed by atoms with Gasteiger partial charge in [0.05, 0.1) is 7.11 Å². The van der Waals surface area contributed by atoms with Crippen LogP contribution in [0.3, 0.4) is 0 Å². The zero-order valence-electron chi connectivity index (χ0n) is 14.9. The van der Waals surface area contributed by atoms with Crippen molar-refractivity contribution in [1.29, 1.82) is 0 Å². The minimum atomic E-state index is -0.0411. The van der Waals surface area contributed by atoms with Crippen LogP contribution in [0.4, 0.5) is 0 Å². The first-order valence-corrected chi connectivity index (χ1v) is 8.50. The molecule has 0 aliphatic rings. The highest BCUT2D eigenvalue weighted by atomic mass is 16.5. The molecule has 0 amide bonds. The van der Waals surface area contributed by atoms with Gasteiger partial charge in [-0.2, -0.15) is 0 Å². The Balaban J connectivity index is 1.70. The van der Waals surface area contributed by atoms with Gasteiger partial charge in [0.1, 0.15) is 18.1 Å². The lowest BCUT2D eigenvalue weighted by Gasteiger charge is -2.10.